The second-order valence-electron chi connectivity index (χ2n) is 19.9. The van der Waals surface area contributed by atoms with Gasteiger partial charge in [0, 0.05) is 44.5 Å². The Morgan fingerprint density at radius 3 is 1.02 bits per heavy atom. The molecule has 0 radical (unpaired) electrons. The van der Waals surface area contributed by atoms with E-state index in [1.54, 1.807) is 0 Å². The van der Waals surface area contributed by atoms with Crippen LogP contribution in [0.4, 0.5) is 0 Å². The Kier molecular flexibility index (Phi) is 14.4. The molecule has 61 heavy (non-hydrogen) atoms. The average molecular weight is 848 g/mol. The van der Waals surface area contributed by atoms with E-state index < -0.39 is 7.89 Å². The van der Waals surface area contributed by atoms with Crippen LogP contribution in [0.3, 0.4) is 0 Å². The maximum absolute atomic E-state index is 2.65. The zero-order valence-electron chi connectivity index (χ0n) is 40.6. The molecule has 6 heteroatoms. The summed E-state index contributed by atoms with van der Waals surface area (Å²) in [5, 5.41) is 0. The van der Waals surface area contributed by atoms with Gasteiger partial charge >= 0.3 is 0 Å². The highest BCUT2D eigenvalue weighted by molar-refractivity contribution is 6.97. The Balaban J connectivity index is 1.84. The molecular formula is C55H75N4Si2+. The highest BCUT2D eigenvalue weighted by Crippen LogP contribution is 2.34. The lowest BCUT2D eigenvalue weighted by molar-refractivity contribution is -0.577. The van der Waals surface area contributed by atoms with Crippen molar-refractivity contribution in [1.29, 1.82) is 0 Å². The first-order valence-corrected chi connectivity index (χ1v) is 27.3. The Labute approximate surface area is 373 Å². The van der Waals surface area contributed by atoms with Crippen molar-refractivity contribution < 1.29 is 9.13 Å². The number of rotatable bonds is 14. The number of aromatic nitrogens is 4. The Morgan fingerprint density at radius 2 is 0.672 bits per heavy atom. The monoisotopic (exact) mass is 848 g/mol. The van der Waals surface area contributed by atoms with Gasteiger partial charge in [-0.25, -0.2) is 18.3 Å². The summed E-state index contributed by atoms with van der Waals surface area (Å²) in [6.45, 7) is 40.3. The summed E-state index contributed by atoms with van der Waals surface area (Å²) in [5.74, 6) is 3.04. The fourth-order valence-electron chi connectivity index (χ4n) is 9.37. The van der Waals surface area contributed by atoms with Crippen LogP contribution in [-0.2, 0) is 0 Å². The van der Waals surface area contributed by atoms with Gasteiger partial charge in [-0.05, 0) is 47.3 Å². The van der Waals surface area contributed by atoms with Crippen molar-refractivity contribution >= 4 is 27.4 Å². The predicted molar refractivity (Wildman–Crippen MR) is 264 cm³/mol. The van der Waals surface area contributed by atoms with Crippen LogP contribution < -0.4 is 20.0 Å². The predicted octanol–water partition coefficient (Wildman–Crippen LogP) is 12.7. The number of hydrogen-bond acceptors (Lipinski definition) is 0. The Bertz CT molecular complexity index is 2250. The number of benzene rings is 4. The summed E-state index contributed by atoms with van der Waals surface area (Å²) in [6, 6.07) is 28.1. The molecule has 2 aromatic heterocycles. The van der Waals surface area contributed by atoms with E-state index >= 15 is 0 Å². The van der Waals surface area contributed by atoms with Crippen molar-refractivity contribution in [2.75, 3.05) is 0 Å². The maximum atomic E-state index is 2.65. The minimum atomic E-state index is -1.34. The van der Waals surface area contributed by atoms with Crippen LogP contribution in [-0.4, -0.2) is 25.6 Å². The highest BCUT2D eigenvalue weighted by atomic mass is 28.9. The molecule has 4 aromatic carbocycles. The first-order chi connectivity index (χ1) is 28.9. The minimum absolute atomic E-state index is 0.379. The van der Waals surface area contributed by atoms with Crippen LogP contribution >= 0.6 is 0 Å². The van der Waals surface area contributed by atoms with E-state index in [1.165, 1.54) is 78.2 Å². The molecule has 0 fully saturated rings. The molecule has 322 valence electrons. The molecule has 6 aromatic rings. The van der Waals surface area contributed by atoms with E-state index in [1.807, 2.05) is 0 Å². The average Bonchev–Trinajstić information content (AvgIpc) is 3.83. The summed E-state index contributed by atoms with van der Waals surface area (Å²) >= 11 is 0. The lowest BCUT2D eigenvalue weighted by atomic mass is 9.92. The van der Waals surface area contributed by atoms with E-state index in [-0.39, 0.29) is 0 Å². The molecule has 0 N–H and O–H groups in total. The van der Waals surface area contributed by atoms with Gasteiger partial charge in [0.15, 0.2) is 0 Å². The molecule has 0 aliphatic heterocycles. The zero-order chi connectivity index (χ0) is 44.6. The van der Waals surface area contributed by atoms with Crippen molar-refractivity contribution in [1.82, 2.24) is 9.13 Å². The van der Waals surface area contributed by atoms with Gasteiger partial charge in [0.05, 0.1) is 5.45 Å². The summed E-state index contributed by atoms with van der Waals surface area (Å²) < 4.78 is 10.5. The normalized spacial score (nSPS) is 12.6. The molecule has 0 aliphatic rings. The number of imidazole rings is 2. The van der Waals surface area contributed by atoms with Gasteiger partial charge in [-0.2, -0.15) is 0 Å². The maximum Gasteiger partial charge on any atom is 0.212 e. The summed E-state index contributed by atoms with van der Waals surface area (Å²) in [4.78, 5) is 0. The van der Waals surface area contributed by atoms with E-state index in [0.717, 1.165) is 0 Å². The van der Waals surface area contributed by atoms with Gasteiger partial charge in [0.1, 0.15) is 47.5 Å². The fraction of sp³-hybridized carbons (Fsp3) is 0.455. The molecule has 0 unspecified atom stereocenters. The van der Waals surface area contributed by atoms with Crippen molar-refractivity contribution in [3.63, 3.8) is 0 Å². The third-order valence-electron chi connectivity index (χ3n) is 12.6. The summed E-state index contributed by atoms with van der Waals surface area (Å²) in [7, 11) is -0.805. The summed E-state index contributed by atoms with van der Waals surface area (Å²) in [5.41, 5.74) is 19.5. The van der Waals surface area contributed by atoms with E-state index in [0.29, 0.717) is 56.0 Å². The standard InChI is InChI=1S/C55H75N4Si2/c1-34(2)42-22-18-23-43(35(3)4)50(42)56-30-31-57(51-44(36(5)6)24-19-25-45(51)37(7)8)54(56)60-61(17)55-58(52-46(38(9)10)26-20-27-47(52)39(11)12)32-33-59(55)53-48(40(13)14)28-21-29-49(53)41(15)16/h18-41H,1-17H3/q+1. The Morgan fingerprint density at radius 1 is 0.393 bits per heavy atom. The van der Waals surface area contributed by atoms with Crippen molar-refractivity contribution in [2.45, 2.75) is 165 Å². The molecule has 4 nitrogen and oxygen atoms in total. The van der Waals surface area contributed by atoms with Gasteiger partial charge in [0.25, 0.3) is 0 Å². The molecule has 0 atom stereocenters. The van der Waals surface area contributed by atoms with Crippen LogP contribution in [0.1, 0.15) is 203 Å². The first kappa shape index (κ1) is 46.2. The van der Waals surface area contributed by atoms with Gasteiger partial charge in [-0.3, -0.25) is 8.61 Å². The van der Waals surface area contributed by atoms with Gasteiger partial charge in [-0.15, -0.1) is 0 Å². The number of para-hydroxylation sites is 4. The van der Waals surface area contributed by atoms with E-state index in [4.69, 9.17) is 0 Å². The lowest BCUT2D eigenvalue weighted by Crippen LogP contribution is -2.58. The summed E-state index contributed by atoms with van der Waals surface area (Å²) in [6.07, 6.45) is 9.61. The van der Waals surface area contributed by atoms with Crippen molar-refractivity contribution in [3.05, 3.63) is 142 Å². The fourth-order valence-corrected chi connectivity index (χ4v) is 14.3. The smallest absolute Gasteiger partial charge is 0.212 e. The molecule has 0 bridgehead atoms. The van der Waals surface area contributed by atoms with Gasteiger partial charge in [-0.1, -0.05) is 198 Å². The van der Waals surface area contributed by atoms with Crippen LogP contribution in [0, 0.1) is 0 Å². The SMILES string of the molecule is CC(C)c1cccc(C(C)C)c1-n1cc[n+](-c2c(C(C)C)cccc2C(C)C)c1[Si-]=[Si](C)c1n(-c2c(C(C)C)cccc2C(C)C)cc[n+]1-c1c(C(C)C)cccc1C(C)C. The van der Waals surface area contributed by atoms with Crippen LogP contribution in [0.15, 0.2) is 97.6 Å². The van der Waals surface area contributed by atoms with Crippen LogP contribution in [0.2, 0.25) is 6.55 Å². The minimum Gasteiger partial charge on any atom is -0.296 e. The molecule has 0 amide bonds. The lowest BCUT2D eigenvalue weighted by Gasteiger charge is -2.24. The molecular weight excluding hydrogens is 773 g/mol. The van der Waals surface area contributed by atoms with Gasteiger partial charge in [0.2, 0.25) is 5.45 Å². The molecule has 6 rings (SSSR count). The van der Waals surface area contributed by atoms with Gasteiger partial charge < -0.3 is 0 Å². The molecule has 0 saturated carbocycles. The largest absolute Gasteiger partial charge is 0.296 e. The van der Waals surface area contributed by atoms with E-state index in [9.17, 15) is 0 Å². The third kappa shape index (κ3) is 9.00. The quantitative estimate of drug-likeness (QED) is 0.0768. The molecule has 2 heterocycles. The second-order valence-corrected chi connectivity index (χ2v) is 25.2. The number of nitrogens with zero attached hydrogens (tertiary/aromatic N) is 4. The molecule has 0 aliphatic carbocycles. The molecule has 0 saturated heterocycles. The zero-order valence-corrected chi connectivity index (χ0v) is 42.6. The Hall–Kier alpha value is -4.27. The van der Waals surface area contributed by atoms with Crippen molar-refractivity contribution in [2.24, 2.45) is 0 Å². The third-order valence-corrected chi connectivity index (χ3v) is 17.3. The van der Waals surface area contributed by atoms with Crippen LogP contribution in [0.25, 0.3) is 22.7 Å². The highest BCUT2D eigenvalue weighted by Gasteiger charge is 2.30. The topological polar surface area (TPSA) is 17.6 Å². The first-order valence-electron chi connectivity index (χ1n) is 23.3. The van der Waals surface area contributed by atoms with Crippen LogP contribution in [0.5, 0.6) is 0 Å². The molecule has 0 spiro atoms. The van der Waals surface area contributed by atoms with Crippen molar-refractivity contribution in [3.8, 4) is 22.7 Å². The number of hydrogen-bond donors (Lipinski definition) is 0. The second kappa shape index (κ2) is 19.0. The van der Waals surface area contributed by atoms with E-state index in [2.05, 4.69) is 233 Å².